The predicted octanol–water partition coefficient (Wildman–Crippen LogP) is 4.07. The van der Waals surface area contributed by atoms with Crippen molar-refractivity contribution in [3.8, 4) is 0 Å². The lowest BCUT2D eigenvalue weighted by Crippen LogP contribution is -2.00. The summed E-state index contributed by atoms with van der Waals surface area (Å²) >= 11 is 1.66. The quantitative estimate of drug-likeness (QED) is 0.513. The first kappa shape index (κ1) is 14.3. The Morgan fingerprint density at radius 3 is 2.50 bits per heavy atom. The van der Waals surface area contributed by atoms with Crippen molar-refractivity contribution in [2.45, 2.75) is 11.4 Å². The van der Waals surface area contributed by atoms with E-state index in [1.807, 2.05) is 30.5 Å². The molecule has 0 aliphatic rings. The first-order valence-corrected chi connectivity index (χ1v) is 7.13. The summed E-state index contributed by atoms with van der Waals surface area (Å²) in [4.78, 5) is 11.0. The number of nitro benzene ring substituents is 1. The number of hydrogen-bond acceptors (Lipinski definition) is 4. The van der Waals surface area contributed by atoms with Gasteiger partial charge in [0.05, 0.1) is 4.92 Å². The average Bonchev–Trinajstić information content (AvgIpc) is 2.45. The van der Waals surface area contributed by atoms with E-state index in [4.69, 9.17) is 0 Å². The monoisotopic (exact) mass is 292 g/mol. The number of rotatable bonds is 5. The summed E-state index contributed by atoms with van der Waals surface area (Å²) in [6, 6.07) is 11.8. The standard InChI is InChI=1S/C14H13FN2O2S/c1-20-12-5-2-10(3-6-12)9-16-11-4-7-14(17(18)19)13(15)8-11/h2-8,16H,9H2,1H3. The topological polar surface area (TPSA) is 55.2 Å². The Kier molecular flexibility index (Phi) is 4.57. The minimum atomic E-state index is -0.835. The molecule has 0 radical (unpaired) electrons. The van der Waals surface area contributed by atoms with Gasteiger partial charge in [0.2, 0.25) is 5.82 Å². The summed E-state index contributed by atoms with van der Waals surface area (Å²) in [6.07, 6.45) is 2.01. The molecule has 2 aromatic rings. The summed E-state index contributed by atoms with van der Waals surface area (Å²) < 4.78 is 13.4. The van der Waals surface area contributed by atoms with Crippen molar-refractivity contribution >= 4 is 23.1 Å². The molecule has 2 rings (SSSR count). The van der Waals surface area contributed by atoms with Gasteiger partial charge in [-0.3, -0.25) is 10.1 Å². The Balaban J connectivity index is 2.03. The average molecular weight is 292 g/mol. The molecule has 2 aromatic carbocycles. The van der Waals surface area contributed by atoms with E-state index in [1.54, 1.807) is 11.8 Å². The molecule has 0 amide bonds. The van der Waals surface area contributed by atoms with Gasteiger partial charge < -0.3 is 5.32 Å². The minimum Gasteiger partial charge on any atom is -0.381 e. The van der Waals surface area contributed by atoms with Crippen LogP contribution in [0.1, 0.15) is 5.56 Å². The van der Waals surface area contributed by atoms with Gasteiger partial charge in [-0.15, -0.1) is 11.8 Å². The van der Waals surface area contributed by atoms with Gasteiger partial charge >= 0.3 is 5.69 Å². The van der Waals surface area contributed by atoms with E-state index >= 15 is 0 Å². The van der Waals surface area contributed by atoms with E-state index in [0.717, 1.165) is 17.7 Å². The molecule has 0 bridgehead atoms. The molecule has 0 aromatic heterocycles. The van der Waals surface area contributed by atoms with Crippen LogP contribution in [0.25, 0.3) is 0 Å². The molecule has 0 atom stereocenters. The zero-order valence-corrected chi connectivity index (χ0v) is 11.6. The van der Waals surface area contributed by atoms with Crippen LogP contribution in [-0.4, -0.2) is 11.2 Å². The Bertz CT molecular complexity index is 617. The number of nitrogens with zero attached hydrogens (tertiary/aromatic N) is 1. The first-order valence-electron chi connectivity index (χ1n) is 5.91. The van der Waals surface area contributed by atoms with Crippen molar-refractivity contribution in [2.24, 2.45) is 0 Å². The molecule has 0 fully saturated rings. The van der Waals surface area contributed by atoms with Crippen molar-refractivity contribution in [2.75, 3.05) is 11.6 Å². The highest BCUT2D eigenvalue weighted by Gasteiger charge is 2.13. The minimum absolute atomic E-state index is 0.514. The third-order valence-electron chi connectivity index (χ3n) is 2.80. The van der Waals surface area contributed by atoms with Crippen molar-refractivity contribution in [3.63, 3.8) is 0 Å². The fourth-order valence-corrected chi connectivity index (χ4v) is 2.12. The number of anilines is 1. The van der Waals surface area contributed by atoms with Gasteiger partial charge in [-0.25, -0.2) is 0 Å². The van der Waals surface area contributed by atoms with E-state index in [-0.39, 0.29) is 0 Å². The van der Waals surface area contributed by atoms with Crippen LogP contribution in [0.5, 0.6) is 0 Å². The summed E-state index contributed by atoms with van der Waals surface area (Å²) in [5.41, 5.74) is 1.06. The molecule has 104 valence electrons. The Labute approximate surface area is 120 Å². The normalized spacial score (nSPS) is 10.3. The fraction of sp³-hybridized carbons (Fsp3) is 0.143. The van der Waals surface area contributed by atoms with E-state index in [0.29, 0.717) is 12.2 Å². The largest absolute Gasteiger partial charge is 0.381 e. The van der Waals surface area contributed by atoms with Crippen LogP contribution in [0, 0.1) is 15.9 Å². The molecule has 4 nitrogen and oxygen atoms in total. The van der Waals surface area contributed by atoms with Crippen LogP contribution in [-0.2, 0) is 6.54 Å². The molecule has 0 saturated heterocycles. The van der Waals surface area contributed by atoms with Crippen LogP contribution < -0.4 is 5.32 Å². The molecule has 1 N–H and O–H groups in total. The Hall–Kier alpha value is -2.08. The molecule has 0 saturated carbocycles. The number of nitro groups is 1. The van der Waals surface area contributed by atoms with Gasteiger partial charge in [-0.2, -0.15) is 4.39 Å². The summed E-state index contributed by atoms with van der Waals surface area (Å²) in [5.74, 6) is -0.835. The van der Waals surface area contributed by atoms with Gasteiger partial charge in [0, 0.05) is 29.3 Å². The highest BCUT2D eigenvalue weighted by molar-refractivity contribution is 7.98. The van der Waals surface area contributed by atoms with Crippen LogP contribution >= 0.6 is 11.8 Å². The van der Waals surface area contributed by atoms with Crippen LogP contribution in [0.15, 0.2) is 47.4 Å². The SMILES string of the molecule is CSc1ccc(CNc2ccc([N+](=O)[O-])c(F)c2)cc1. The van der Waals surface area contributed by atoms with Crippen molar-refractivity contribution < 1.29 is 9.31 Å². The van der Waals surface area contributed by atoms with E-state index in [9.17, 15) is 14.5 Å². The number of hydrogen-bond donors (Lipinski definition) is 1. The molecule has 0 spiro atoms. The zero-order chi connectivity index (χ0) is 14.5. The molecule has 6 heteroatoms. The molecule has 20 heavy (non-hydrogen) atoms. The molecule has 0 heterocycles. The van der Waals surface area contributed by atoms with E-state index < -0.39 is 16.4 Å². The lowest BCUT2D eigenvalue weighted by atomic mass is 10.2. The van der Waals surface area contributed by atoms with E-state index in [2.05, 4.69) is 5.32 Å². The molecule has 0 aliphatic carbocycles. The third kappa shape index (κ3) is 3.48. The highest BCUT2D eigenvalue weighted by Crippen LogP contribution is 2.21. The fourth-order valence-electron chi connectivity index (χ4n) is 1.71. The highest BCUT2D eigenvalue weighted by atomic mass is 32.2. The second-order valence-corrected chi connectivity index (χ2v) is 5.00. The van der Waals surface area contributed by atoms with Gasteiger partial charge in [0.1, 0.15) is 0 Å². The maximum absolute atomic E-state index is 13.4. The lowest BCUT2D eigenvalue weighted by molar-refractivity contribution is -0.387. The summed E-state index contributed by atoms with van der Waals surface area (Å²) in [5, 5.41) is 13.6. The van der Waals surface area contributed by atoms with E-state index in [1.165, 1.54) is 11.0 Å². The van der Waals surface area contributed by atoms with Crippen LogP contribution in [0.4, 0.5) is 15.8 Å². The zero-order valence-electron chi connectivity index (χ0n) is 10.8. The molecular weight excluding hydrogens is 279 g/mol. The lowest BCUT2D eigenvalue weighted by Gasteiger charge is -2.07. The number of thioether (sulfide) groups is 1. The Morgan fingerprint density at radius 1 is 1.25 bits per heavy atom. The maximum Gasteiger partial charge on any atom is 0.304 e. The maximum atomic E-state index is 13.4. The smallest absolute Gasteiger partial charge is 0.304 e. The third-order valence-corrected chi connectivity index (χ3v) is 3.54. The van der Waals surface area contributed by atoms with Gasteiger partial charge in [-0.05, 0) is 30.0 Å². The van der Waals surface area contributed by atoms with Crippen molar-refractivity contribution in [1.29, 1.82) is 0 Å². The first-order chi connectivity index (χ1) is 9.60. The Morgan fingerprint density at radius 2 is 1.95 bits per heavy atom. The van der Waals surface area contributed by atoms with Gasteiger partial charge in [-0.1, -0.05) is 12.1 Å². The summed E-state index contributed by atoms with van der Waals surface area (Å²) in [6.45, 7) is 0.534. The predicted molar refractivity (Wildman–Crippen MR) is 78.6 cm³/mol. The molecule has 0 unspecified atom stereocenters. The number of halogens is 1. The number of benzene rings is 2. The van der Waals surface area contributed by atoms with Crippen molar-refractivity contribution in [1.82, 2.24) is 0 Å². The second kappa shape index (κ2) is 6.38. The van der Waals surface area contributed by atoms with Gasteiger partial charge in [0.15, 0.2) is 0 Å². The summed E-state index contributed by atoms with van der Waals surface area (Å²) in [7, 11) is 0. The van der Waals surface area contributed by atoms with Crippen molar-refractivity contribution in [3.05, 3.63) is 64.0 Å². The van der Waals surface area contributed by atoms with Crippen LogP contribution in [0.2, 0.25) is 0 Å². The van der Waals surface area contributed by atoms with Crippen LogP contribution in [0.3, 0.4) is 0 Å². The number of nitrogens with one attached hydrogen (secondary N) is 1. The van der Waals surface area contributed by atoms with Gasteiger partial charge in [0.25, 0.3) is 0 Å². The molecule has 0 aliphatic heterocycles. The molecular formula is C14H13FN2O2S. The second-order valence-electron chi connectivity index (χ2n) is 4.12.